The summed E-state index contributed by atoms with van der Waals surface area (Å²) < 4.78 is 0. The lowest BCUT2D eigenvalue weighted by Crippen LogP contribution is -2.32. The molecular formula is C11H23N. The molecule has 0 aromatic carbocycles. The number of hydrogen-bond acceptors (Lipinski definition) is 1. The summed E-state index contributed by atoms with van der Waals surface area (Å²) in [7, 11) is 0. The van der Waals surface area contributed by atoms with E-state index in [1.807, 2.05) is 0 Å². The van der Waals surface area contributed by atoms with Crippen molar-refractivity contribution in [1.29, 1.82) is 0 Å². The fourth-order valence-electron chi connectivity index (χ4n) is 1.78. The molecule has 0 radical (unpaired) electrons. The Morgan fingerprint density at radius 2 is 2.00 bits per heavy atom. The second kappa shape index (κ2) is 4.86. The molecule has 1 N–H and O–H groups in total. The molecule has 0 aliphatic heterocycles. The van der Waals surface area contributed by atoms with Crippen molar-refractivity contribution in [1.82, 2.24) is 5.32 Å². The van der Waals surface area contributed by atoms with Gasteiger partial charge in [0.1, 0.15) is 0 Å². The molecular weight excluding hydrogens is 146 g/mol. The van der Waals surface area contributed by atoms with Gasteiger partial charge in [-0.15, -0.1) is 0 Å². The summed E-state index contributed by atoms with van der Waals surface area (Å²) in [5.74, 6) is 1.86. The van der Waals surface area contributed by atoms with Crippen molar-refractivity contribution in [2.45, 2.75) is 52.5 Å². The molecule has 0 heterocycles. The van der Waals surface area contributed by atoms with Gasteiger partial charge in [0.15, 0.2) is 0 Å². The molecule has 0 saturated heterocycles. The Morgan fingerprint density at radius 1 is 1.33 bits per heavy atom. The smallest absolute Gasteiger partial charge is 0.00977 e. The maximum absolute atomic E-state index is 3.66. The molecule has 1 unspecified atom stereocenters. The molecule has 1 rings (SSSR count). The summed E-state index contributed by atoms with van der Waals surface area (Å²) in [5.41, 5.74) is 0. The second-order valence-electron chi connectivity index (χ2n) is 4.53. The molecule has 1 aliphatic rings. The minimum Gasteiger partial charge on any atom is -0.314 e. The summed E-state index contributed by atoms with van der Waals surface area (Å²) in [6, 6.07) is 0.824. The maximum atomic E-state index is 3.66. The predicted molar refractivity (Wildman–Crippen MR) is 54.3 cm³/mol. The van der Waals surface area contributed by atoms with E-state index in [1.165, 1.54) is 32.2 Å². The fraction of sp³-hybridized carbons (Fsp3) is 1.00. The molecule has 1 aliphatic carbocycles. The zero-order valence-electron chi connectivity index (χ0n) is 8.77. The van der Waals surface area contributed by atoms with E-state index in [4.69, 9.17) is 0 Å². The van der Waals surface area contributed by atoms with Crippen molar-refractivity contribution in [3.8, 4) is 0 Å². The average Bonchev–Trinajstić information content (AvgIpc) is 2.79. The number of hydrogen-bond donors (Lipinski definition) is 1. The van der Waals surface area contributed by atoms with Crippen LogP contribution in [0.15, 0.2) is 0 Å². The SMILES string of the molecule is CCCNC(CC(C)C)C1CC1. The molecule has 1 heteroatoms. The Bertz CT molecular complexity index is 116. The molecule has 1 nitrogen and oxygen atoms in total. The van der Waals surface area contributed by atoms with E-state index in [9.17, 15) is 0 Å². The van der Waals surface area contributed by atoms with Gasteiger partial charge in [-0.3, -0.25) is 0 Å². The first-order valence-electron chi connectivity index (χ1n) is 5.47. The van der Waals surface area contributed by atoms with Crippen molar-refractivity contribution in [3.63, 3.8) is 0 Å². The lowest BCUT2D eigenvalue weighted by Gasteiger charge is -2.19. The largest absolute Gasteiger partial charge is 0.314 e. The van der Waals surface area contributed by atoms with Crippen LogP contribution in [-0.2, 0) is 0 Å². The molecule has 12 heavy (non-hydrogen) atoms. The van der Waals surface area contributed by atoms with Crippen LogP contribution in [0.5, 0.6) is 0 Å². The Hall–Kier alpha value is -0.0400. The van der Waals surface area contributed by atoms with E-state index in [2.05, 4.69) is 26.1 Å². The van der Waals surface area contributed by atoms with E-state index in [0.29, 0.717) is 0 Å². The van der Waals surface area contributed by atoms with E-state index < -0.39 is 0 Å². The molecule has 0 bridgehead atoms. The summed E-state index contributed by atoms with van der Waals surface area (Å²) in [5, 5.41) is 3.66. The molecule has 0 aromatic rings. The zero-order valence-corrected chi connectivity index (χ0v) is 8.77. The van der Waals surface area contributed by atoms with Crippen LogP contribution < -0.4 is 5.32 Å². The third-order valence-electron chi connectivity index (χ3n) is 2.57. The topological polar surface area (TPSA) is 12.0 Å². The number of nitrogens with one attached hydrogen (secondary N) is 1. The third-order valence-corrected chi connectivity index (χ3v) is 2.57. The van der Waals surface area contributed by atoms with Gasteiger partial charge >= 0.3 is 0 Å². The molecule has 0 aromatic heterocycles. The van der Waals surface area contributed by atoms with E-state index in [-0.39, 0.29) is 0 Å². The van der Waals surface area contributed by atoms with Crippen LogP contribution in [0.2, 0.25) is 0 Å². The van der Waals surface area contributed by atoms with E-state index in [1.54, 1.807) is 0 Å². The minimum absolute atomic E-state index is 0.824. The lowest BCUT2D eigenvalue weighted by atomic mass is 10.00. The Morgan fingerprint density at radius 3 is 2.42 bits per heavy atom. The average molecular weight is 169 g/mol. The third kappa shape index (κ3) is 3.57. The van der Waals surface area contributed by atoms with Gasteiger partial charge < -0.3 is 5.32 Å². The lowest BCUT2D eigenvalue weighted by molar-refractivity contribution is 0.384. The van der Waals surface area contributed by atoms with Gasteiger partial charge in [0.25, 0.3) is 0 Å². The van der Waals surface area contributed by atoms with Crippen LogP contribution in [0.25, 0.3) is 0 Å². The van der Waals surface area contributed by atoms with Crippen molar-refractivity contribution in [2.75, 3.05) is 6.54 Å². The molecule has 72 valence electrons. The highest BCUT2D eigenvalue weighted by molar-refractivity contribution is 4.86. The Labute approximate surface area is 76.9 Å². The predicted octanol–water partition coefficient (Wildman–Crippen LogP) is 2.81. The van der Waals surface area contributed by atoms with Crippen LogP contribution in [0.3, 0.4) is 0 Å². The standard InChI is InChI=1S/C11H23N/c1-4-7-12-11(8-9(2)3)10-5-6-10/h9-12H,4-8H2,1-3H3. The summed E-state index contributed by atoms with van der Waals surface area (Å²) in [6.45, 7) is 8.09. The summed E-state index contributed by atoms with van der Waals surface area (Å²) in [4.78, 5) is 0. The molecule has 0 amide bonds. The van der Waals surface area contributed by atoms with Crippen LogP contribution in [0.1, 0.15) is 46.5 Å². The monoisotopic (exact) mass is 169 g/mol. The first kappa shape index (κ1) is 10.0. The normalized spacial score (nSPS) is 20.0. The molecule has 1 atom stereocenters. The van der Waals surface area contributed by atoms with Gasteiger partial charge in [0.2, 0.25) is 0 Å². The maximum Gasteiger partial charge on any atom is 0.00977 e. The van der Waals surface area contributed by atoms with Crippen LogP contribution in [0.4, 0.5) is 0 Å². The van der Waals surface area contributed by atoms with Crippen LogP contribution >= 0.6 is 0 Å². The Kier molecular flexibility index (Phi) is 4.07. The quantitative estimate of drug-likeness (QED) is 0.644. The molecule has 0 spiro atoms. The van der Waals surface area contributed by atoms with Gasteiger partial charge in [-0.1, -0.05) is 20.8 Å². The molecule has 1 fully saturated rings. The summed E-state index contributed by atoms with van der Waals surface area (Å²) in [6.07, 6.45) is 5.56. The van der Waals surface area contributed by atoms with Crippen molar-refractivity contribution >= 4 is 0 Å². The van der Waals surface area contributed by atoms with Gasteiger partial charge in [-0.25, -0.2) is 0 Å². The zero-order chi connectivity index (χ0) is 8.97. The minimum atomic E-state index is 0.824. The highest BCUT2D eigenvalue weighted by Crippen LogP contribution is 2.35. The van der Waals surface area contributed by atoms with Gasteiger partial charge in [-0.05, 0) is 44.1 Å². The first-order valence-corrected chi connectivity index (χ1v) is 5.47. The van der Waals surface area contributed by atoms with Gasteiger partial charge in [-0.2, -0.15) is 0 Å². The number of rotatable bonds is 6. The van der Waals surface area contributed by atoms with E-state index >= 15 is 0 Å². The first-order chi connectivity index (χ1) is 5.74. The highest BCUT2D eigenvalue weighted by Gasteiger charge is 2.30. The summed E-state index contributed by atoms with van der Waals surface area (Å²) >= 11 is 0. The van der Waals surface area contributed by atoms with E-state index in [0.717, 1.165) is 17.9 Å². The highest BCUT2D eigenvalue weighted by atomic mass is 14.9. The van der Waals surface area contributed by atoms with Gasteiger partial charge in [0, 0.05) is 6.04 Å². The Balaban J connectivity index is 2.18. The van der Waals surface area contributed by atoms with Crippen molar-refractivity contribution in [3.05, 3.63) is 0 Å². The van der Waals surface area contributed by atoms with Gasteiger partial charge in [0.05, 0.1) is 0 Å². The fourth-order valence-corrected chi connectivity index (χ4v) is 1.78. The van der Waals surface area contributed by atoms with Crippen LogP contribution in [0, 0.1) is 11.8 Å². The van der Waals surface area contributed by atoms with Crippen molar-refractivity contribution in [2.24, 2.45) is 11.8 Å². The molecule has 1 saturated carbocycles. The van der Waals surface area contributed by atoms with Crippen LogP contribution in [-0.4, -0.2) is 12.6 Å². The van der Waals surface area contributed by atoms with Crippen molar-refractivity contribution < 1.29 is 0 Å². The second-order valence-corrected chi connectivity index (χ2v) is 4.53.